The van der Waals surface area contributed by atoms with E-state index in [0.29, 0.717) is 18.6 Å². The predicted octanol–water partition coefficient (Wildman–Crippen LogP) is 4.82. The van der Waals surface area contributed by atoms with Gasteiger partial charge in [-0.15, -0.1) is 11.3 Å². The van der Waals surface area contributed by atoms with E-state index in [1.807, 2.05) is 31.3 Å². The highest BCUT2D eigenvalue weighted by Crippen LogP contribution is 2.37. The molecule has 31 heavy (non-hydrogen) atoms. The molecule has 0 spiro atoms. The first-order valence-corrected chi connectivity index (χ1v) is 12.2. The fraction of sp³-hybridized carbons (Fsp3) is 0.560. The van der Waals surface area contributed by atoms with Crippen molar-refractivity contribution in [2.45, 2.75) is 72.0 Å². The molecule has 0 radical (unpaired) electrons. The maximum atomic E-state index is 12.3. The second kappa shape index (κ2) is 10.0. The molecule has 0 aromatic carbocycles. The van der Waals surface area contributed by atoms with Gasteiger partial charge < -0.3 is 20.1 Å². The molecule has 1 aliphatic rings. The third-order valence-corrected chi connectivity index (χ3v) is 7.87. The molecule has 2 N–H and O–H groups in total. The molecule has 2 aromatic heterocycles. The summed E-state index contributed by atoms with van der Waals surface area (Å²) in [6.45, 7) is 14.1. The first-order chi connectivity index (χ1) is 14.7. The molecule has 0 atom stereocenters. The Kier molecular flexibility index (Phi) is 7.65. The van der Waals surface area contributed by atoms with Crippen LogP contribution in [-0.2, 0) is 6.54 Å². The van der Waals surface area contributed by atoms with E-state index in [0.717, 1.165) is 34.6 Å². The first kappa shape index (κ1) is 23.6. The minimum absolute atomic E-state index is 0.0222. The average Bonchev–Trinajstić information content (AvgIpc) is 3.09. The molecule has 0 aliphatic heterocycles. The summed E-state index contributed by atoms with van der Waals surface area (Å²) in [6, 6.07) is 3.34. The van der Waals surface area contributed by atoms with Crippen molar-refractivity contribution in [1.29, 1.82) is 0 Å². The Morgan fingerprint density at radius 3 is 2.42 bits per heavy atom. The van der Waals surface area contributed by atoms with E-state index in [4.69, 9.17) is 0 Å². The van der Waals surface area contributed by atoms with Crippen LogP contribution in [0.5, 0.6) is 0 Å². The lowest BCUT2D eigenvalue weighted by atomic mass is 9.89. The summed E-state index contributed by atoms with van der Waals surface area (Å²) < 4.78 is 0. The second-order valence-electron chi connectivity index (χ2n) is 9.07. The summed E-state index contributed by atoms with van der Waals surface area (Å²) in [5.41, 5.74) is 5.97. The van der Waals surface area contributed by atoms with Crippen LogP contribution in [0.4, 0.5) is 5.00 Å². The van der Waals surface area contributed by atoms with Crippen LogP contribution in [0.1, 0.15) is 60.6 Å². The van der Waals surface area contributed by atoms with Gasteiger partial charge in [0.25, 0.3) is 5.56 Å². The molecule has 1 fully saturated rings. The van der Waals surface area contributed by atoms with Gasteiger partial charge in [0.1, 0.15) is 0 Å². The number of anilines is 1. The van der Waals surface area contributed by atoms with Crippen molar-refractivity contribution in [3.63, 3.8) is 0 Å². The van der Waals surface area contributed by atoms with E-state index in [2.05, 4.69) is 60.0 Å². The number of pyridine rings is 1. The molecule has 6 heteroatoms. The van der Waals surface area contributed by atoms with E-state index < -0.39 is 0 Å². The fourth-order valence-corrected chi connectivity index (χ4v) is 6.08. The molecule has 1 aliphatic carbocycles. The van der Waals surface area contributed by atoms with Gasteiger partial charge in [-0.25, -0.2) is 0 Å². The monoisotopic (exact) mass is 442 g/mol. The molecule has 0 bridgehead atoms. The lowest BCUT2D eigenvalue weighted by Gasteiger charge is -2.39. The molecule has 5 nitrogen and oxygen atoms in total. The molecule has 1 saturated carbocycles. The number of thiophene rings is 1. The third kappa shape index (κ3) is 5.24. The molecular formula is C25H38N4OS. The highest BCUT2D eigenvalue weighted by molar-refractivity contribution is 7.14. The Morgan fingerprint density at radius 1 is 1.19 bits per heavy atom. The molecule has 0 unspecified atom stereocenters. The number of hydrogen-bond donors (Lipinski definition) is 2. The summed E-state index contributed by atoms with van der Waals surface area (Å²) in [5, 5.41) is 6.96. The summed E-state index contributed by atoms with van der Waals surface area (Å²) in [5.74, 6) is 0. The van der Waals surface area contributed by atoms with Gasteiger partial charge in [-0.05, 0) is 84.7 Å². The number of aromatic nitrogens is 1. The number of hydrogen-bond acceptors (Lipinski definition) is 5. The maximum Gasteiger partial charge on any atom is 0.253 e. The molecule has 2 aromatic rings. The van der Waals surface area contributed by atoms with Crippen molar-refractivity contribution in [3.8, 4) is 0 Å². The van der Waals surface area contributed by atoms with Crippen LogP contribution in [0.25, 0.3) is 5.70 Å². The van der Waals surface area contributed by atoms with Gasteiger partial charge in [0.2, 0.25) is 0 Å². The van der Waals surface area contributed by atoms with E-state index >= 15 is 0 Å². The summed E-state index contributed by atoms with van der Waals surface area (Å²) in [6.07, 6.45) is 5.03. The van der Waals surface area contributed by atoms with Gasteiger partial charge >= 0.3 is 0 Å². The van der Waals surface area contributed by atoms with Crippen molar-refractivity contribution < 1.29 is 0 Å². The lowest BCUT2D eigenvalue weighted by Crippen LogP contribution is -2.42. The predicted molar refractivity (Wildman–Crippen MR) is 134 cm³/mol. The second-order valence-corrected chi connectivity index (χ2v) is 9.92. The Balaban J connectivity index is 1.70. The highest BCUT2D eigenvalue weighted by Gasteiger charge is 2.28. The van der Waals surface area contributed by atoms with E-state index in [1.165, 1.54) is 36.2 Å². The molecule has 3 rings (SSSR count). The van der Waals surface area contributed by atoms with Crippen molar-refractivity contribution >= 4 is 22.0 Å². The van der Waals surface area contributed by atoms with Gasteiger partial charge in [0.05, 0.1) is 5.00 Å². The molecule has 2 heterocycles. The van der Waals surface area contributed by atoms with Crippen LogP contribution in [0.15, 0.2) is 22.8 Å². The standard InChI is InChI=1S/C25H38N4OS/c1-8-29(21-11-9-20(10-12-21)28(6)7)25-18(4)23(15-31-25)19(5)26-14-22-16(2)13-17(3)27-24(22)30/h13,15,20-21,26H,5,8-12,14H2,1-4,6-7H3,(H,27,30). The van der Waals surface area contributed by atoms with Gasteiger partial charge in [-0.1, -0.05) is 6.58 Å². The van der Waals surface area contributed by atoms with Crippen LogP contribution in [0, 0.1) is 20.8 Å². The molecule has 0 saturated heterocycles. The van der Waals surface area contributed by atoms with Crippen LogP contribution < -0.4 is 15.8 Å². The minimum atomic E-state index is -0.0222. The van der Waals surface area contributed by atoms with Gasteiger partial charge in [-0.2, -0.15) is 0 Å². The zero-order valence-corrected chi connectivity index (χ0v) is 20.8. The minimum Gasteiger partial charge on any atom is -0.381 e. The van der Waals surface area contributed by atoms with Gasteiger partial charge in [0, 0.05) is 53.1 Å². The SMILES string of the molecule is C=C(NCc1c(C)cc(C)[nH]c1=O)c1csc(N(CC)C2CCC(N(C)C)CC2)c1C. The first-order valence-electron chi connectivity index (χ1n) is 11.4. The number of aromatic amines is 1. The number of H-pyrrole nitrogens is 1. The van der Waals surface area contributed by atoms with Crippen LogP contribution >= 0.6 is 11.3 Å². The number of nitrogens with zero attached hydrogens (tertiary/aromatic N) is 2. The Labute approximate surface area is 191 Å². The summed E-state index contributed by atoms with van der Waals surface area (Å²) in [4.78, 5) is 20.2. The molecular weight excluding hydrogens is 404 g/mol. The fourth-order valence-electron chi connectivity index (χ4n) is 4.83. The van der Waals surface area contributed by atoms with Gasteiger partial charge in [-0.3, -0.25) is 4.79 Å². The Hall–Kier alpha value is -2.05. The summed E-state index contributed by atoms with van der Waals surface area (Å²) >= 11 is 1.81. The van der Waals surface area contributed by atoms with E-state index in [9.17, 15) is 4.79 Å². The number of aryl methyl sites for hydroxylation is 2. The Morgan fingerprint density at radius 2 is 1.84 bits per heavy atom. The highest BCUT2D eigenvalue weighted by atomic mass is 32.1. The van der Waals surface area contributed by atoms with Crippen molar-refractivity contribution in [1.82, 2.24) is 15.2 Å². The zero-order valence-electron chi connectivity index (χ0n) is 20.0. The normalized spacial score (nSPS) is 18.9. The smallest absolute Gasteiger partial charge is 0.253 e. The molecule has 170 valence electrons. The Bertz CT molecular complexity index is 966. The average molecular weight is 443 g/mol. The lowest BCUT2D eigenvalue weighted by molar-refractivity contribution is 0.214. The van der Waals surface area contributed by atoms with E-state index in [-0.39, 0.29) is 5.56 Å². The quantitative estimate of drug-likeness (QED) is 0.615. The third-order valence-electron chi connectivity index (χ3n) is 6.75. The number of rotatable bonds is 8. The van der Waals surface area contributed by atoms with E-state index in [1.54, 1.807) is 0 Å². The largest absolute Gasteiger partial charge is 0.381 e. The van der Waals surface area contributed by atoms with Crippen molar-refractivity contribution in [3.05, 3.63) is 56.3 Å². The molecule has 0 amide bonds. The van der Waals surface area contributed by atoms with Crippen LogP contribution in [0.3, 0.4) is 0 Å². The van der Waals surface area contributed by atoms with Crippen LogP contribution in [0.2, 0.25) is 0 Å². The van der Waals surface area contributed by atoms with Crippen LogP contribution in [-0.4, -0.2) is 42.6 Å². The topological polar surface area (TPSA) is 51.4 Å². The summed E-state index contributed by atoms with van der Waals surface area (Å²) in [7, 11) is 4.39. The van der Waals surface area contributed by atoms with Gasteiger partial charge in [0.15, 0.2) is 0 Å². The number of nitrogens with one attached hydrogen (secondary N) is 2. The van der Waals surface area contributed by atoms with Crippen molar-refractivity contribution in [2.24, 2.45) is 0 Å². The van der Waals surface area contributed by atoms with Crippen molar-refractivity contribution in [2.75, 3.05) is 25.5 Å². The zero-order chi connectivity index (χ0) is 22.7. The maximum absolute atomic E-state index is 12.3.